The van der Waals surface area contributed by atoms with E-state index in [4.69, 9.17) is 4.74 Å². The second-order valence-corrected chi connectivity index (χ2v) is 4.55. The molecule has 0 fully saturated rings. The van der Waals surface area contributed by atoms with Crippen molar-refractivity contribution in [1.82, 2.24) is 4.57 Å². The quantitative estimate of drug-likeness (QED) is 0.492. The Labute approximate surface area is 111 Å². The SMILES string of the molecule is C=CC(=O)OC(C)Cn1c(O)c2c(c1O)CC=CC2. The van der Waals surface area contributed by atoms with Crippen LogP contribution in [0.2, 0.25) is 0 Å². The molecule has 2 rings (SSSR count). The zero-order valence-electron chi connectivity index (χ0n) is 10.8. The molecule has 0 amide bonds. The first-order valence-corrected chi connectivity index (χ1v) is 6.14. The smallest absolute Gasteiger partial charge is 0.330 e. The fourth-order valence-corrected chi connectivity index (χ4v) is 2.24. The second kappa shape index (κ2) is 5.22. The van der Waals surface area contributed by atoms with Gasteiger partial charge in [0.2, 0.25) is 0 Å². The summed E-state index contributed by atoms with van der Waals surface area (Å²) in [5, 5.41) is 20.2. The third-order valence-electron chi connectivity index (χ3n) is 3.15. The summed E-state index contributed by atoms with van der Waals surface area (Å²) in [6.07, 6.45) is 5.72. The van der Waals surface area contributed by atoms with Crippen molar-refractivity contribution in [3.05, 3.63) is 35.9 Å². The number of esters is 1. The molecule has 5 heteroatoms. The molecule has 0 spiro atoms. The zero-order valence-corrected chi connectivity index (χ0v) is 10.8. The highest BCUT2D eigenvalue weighted by Gasteiger charge is 2.23. The molecule has 1 atom stereocenters. The van der Waals surface area contributed by atoms with Gasteiger partial charge in [-0.2, -0.15) is 0 Å². The fourth-order valence-electron chi connectivity index (χ4n) is 2.24. The molecular formula is C14H17NO4. The minimum atomic E-state index is -0.523. The molecule has 1 aromatic rings. The first kappa shape index (κ1) is 13.3. The normalized spacial score (nSPS) is 14.8. The molecule has 19 heavy (non-hydrogen) atoms. The Balaban J connectivity index is 2.19. The van der Waals surface area contributed by atoms with Gasteiger partial charge in [0.1, 0.15) is 6.10 Å². The maximum Gasteiger partial charge on any atom is 0.330 e. The van der Waals surface area contributed by atoms with Gasteiger partial charge >= 0.3 is 5.97 Å². The molecule has 102 valence electrons. The Morgan fingerprint density at radius 3 is 2.42 bits per heavy atom. The molecule has 1 unspecified atom stereocenters. The third kappa shape index (κ3) is 2.50. The Morgan fingerprint density at radius 1 is 1.42 bits per heavy atom. The first-order chi connectivity index (χ1) is 9.04. The van der Waals surface area contributed by atoms with E-state index in [2.05, 4.69) is 6.58 Å². The lowest BCUT2D eigenvalue weighted by molar-refractivity contribution is -0.142. The third-order valence-corrected chi connectivity index (χ3v) is 3.15. The summed E-state index contributed by atoms with van der Waals surface area (Å²) in [6.45, 7) is 5.21. The average Bonchev–Trinajstić information content (AvgIpc) is 2.64. The van der Waals surface area contributed by atoms with Crippen LogP contribution in [0.25, 0.3) is 0 Å². The summed E-state index contributed by atoms with van der Waals surface area (Å²) in [7, 11) is 0. The van der Waals surface area contributed by atoms with Crippen LogP contribution in [0.4, 0.5) is 0 Å². The van der Waals surface area contributed by atoms with E-state index < -0.39 is 12.1 Å². The number of carbonyl (C=O) groups is 1. The van der Waals surface area contributed by atoms with Crippen LogP contribution in [0.1, 0.15) is 18.1 Å². The number of carbonyl (C=O) groups excluding carboxylic acids is 1. The number of nitrogens with zero attached hydrogens (tertiary/aromatic N) is 1. The molecule has 2 N–H and O–H groups in total. The Morgan fingerprint density at radius 2 is 1.95 bits per heavy atom. The van der Waals surface area contributed by atoms with Crippen molar-refractivity contribution < 1.29 is 19.7 Å². The van der Waals surface area contributed by atoms with Gasteiger partial charge < -0.3 is 14.9 Å². The predicted molar refractivity (Wildman–Crippen MR) is 70.1 cm³/mol. The number of rotatable bonds is 4. The van der Waals surface area contributed by atoms with E-state index in [0.717, 1.165) is 17.2 Å². The molecule has 1 aromatic heterocycles. The topological polar surface area (TPSA) is 71.7 Å². The molecule has 1 heterocycles. The molecule has 1 aliphatic rings. The number of hydrogen-bond acceptors (Lipinski definition) is 4. The van der Waals surface area contributed by atoms with Gasteiger partial charge in [-0.15, -0.1) is 0 Å². The van der Waals surface area contributed by atoms with Crippen LogP contribution in [0, 0.1) is 0 Å². The Kier molecular flexibility index (Phi) is 3.64. The maximum absolute atomic E-state index is 11.1. The lowest BCUT2D eigenvalue weighted by atomic mass is 10.0. The summed E-state index contributed by atoms with van der Waals surface area (Å²) in [6, 6.07) is 0. The van der Waals surface area contributed by atoms with Crippen molar-refractivity contribution in [2.24, 2.45) is 0 Å². The fraction of sp³-hybridized carbons (Fsp3) is 0.357. The standard InChI is InChI=1S/C14H17NO4/c1-3-12(16)19-9(2)8-15-13(17)10-6-4-5-7-11(10)14(15)18/h3-5,9,17-18H,1,6-8H2,2H3. The lowest BCUT2D eigenvalue weighted by Gasteiger charge is -2.14. The van der Waals surface area contributed by atoms with Crippen LogP contribution in [0.3, 0.4) is 0 Å². The summed E-state index contributed by atoms with van der Waals surface area (Å²) in [5.74, 6) is -0.443. The molecule has 5 nitrogen and oxygen atoms in total. The number of hydrogen-bond donors (Lipinski definition) is 2. The van der Waals surface area contributed by atoms with Crippen molar-refractivity contribution in [1.29, 1.82) is 0 Å². The Bertz CT molecular complexity index is 511. The number of ether oxygens (including phenoxy) is 1. The maximum atomic E-state index is 11.1. The van der Waals surface area contributed by atoms with Crippen LogP contribution in [0.5, 0.6) is 11.8 Å². The number of aromatic nitrogens is 1. The summed E-state index contributed by atoms with van der Waals surface area (Å²) < 4.78 is 6.40. The predicted octanol–water partition coefficient (Wildman–Crippen LogP) is 1.67. The van der Waals surface area contributed by atoms with Crippen molar-refractivity contribution in [3.63, 3.8) is 0 Å². The van der Waals surface area contributed by atoms with E-state index in [0.29, 0.717) is 12.8 Å². The van der Waals surface area contributed by atoms with Gasteiger partial charge in [-0.1, -0.05) is 18.7 Å². The molecule has 0 saturated carbocycles. The number of fused-ring (bicyclic) bond motifs is 1. The van der Waals surface area contributed by atoms with Gasteiger partial charge in [0, 0.05) is 17.2 Å². The highest BCUT2D eigenvalue weighted by Crippen LogP contribution is 2.36. The van der Waals surface area contributed by atoms with Crippen LogP contribution < -0.4 is 0 Å². The highest BCUT2D eigenvalue weighted by molar-refractivity contribution is 5.81. The minimum Gasteiger partial charge on any atom is -0.494 e. The van der Waals surface area contributed by atoms with Crippen molar-refractivity contribution in [2.45, 2.75) is 32.4 Å². The van der Waals surface area contributed by atoms with Crippen LogP contribution in [-0.4, -0.2) is 26.9 Å². The monoisotopic (exact) mass is 263 g/mol. The number of allylic oxidation sites excluding steroid dienone is 2. The van der Waals surface area contributed by atoms with Gasteiger partial charge in [0.25, 0.3) is 0 Å². The van der Waals surface area contributed by atoms with Crippen LogP contribution in [-0.2, 0) is 28.9 Å². The largest absolute Gasteiger partial charge is 0.494 e. The zero-order chi connectivity index (χ0) is 14.0. The molecule has 0 aromatic carbocycles. The lowest BCUT2D eigenvalue weighted by Crippen LogP contribution is -2.19. The van der Waals surface area contributed by atoms with E-state index in [1.54, 1.807) is 6.92 Å². The van der Waals surface area contributed by atoms with Gasteiger partial charge in [0.15, 0.2) is 11.8 Å². The molecule has 0 radical (unpaired) electrons. The van der Waals surface area contributed by atoms with E-state index in [-0.39, 0.29) is 18.3 Å². The van der Waals surface area contributed by atoms with E-state index >= 15 is 0 Å². The molecule has 0 saturated heterocycles. The van der Waals surface area contributed by atoms with Crippen LogP contribution >= 0.6 is 0 Å². The molecule has 0 aliphatic heterocycles. The minimum absolute atomic E-state index is 0.0401. The van der Waals surface area contributed by atoms with Gasteiger partial charge in [-0.3, -0.25) is 4.57 Å². The van der Waals surface area contributed by atoms with Crippen molar-refractivity contribution >= 4 is 5.97 Å². The summed E-state index contributed by atoms with van der Waals surface area (Å²) >= 11 is 0. The Hall–Kier alpha value is -2.17. The van der Waals surface area contributed by atoms with Crippen LogP contribution in [0.15, 0.2) is 24.8 Å². The molecule has 0 bridgehead atoms. The summed E-state index contributed by atoms with van der Waals surface area (Å²) in [5.41, 5.74) is 1.48. The second-order valence-electron chi connectivity index (χ2n) is 4.55. The van der Waals surface area contributed by atoms with E-state index in [1.165, 1.54) is 4.57 Å². The van der Waals surface area contributed by atoms with Gasteiger partial charge in [-0.05, 0) is 19.8 Å². The average molecular weight is 263 g/mol. The van der Waals surface area contributed by atoms with E-state index in [1.807, 2.05) is 12.2 Å². The van der Waals surface area contributed by atoms with Gasteiger partial charge in [-0.25, -0.2) is 4.79 Å². The van der Waals surface area contributed by atoms with Crippen molar-refractivity contribution in [3.8, 4) is 11.8 Å². The van der Waals surface area contributed by atoms with E-state index in [9.17, 15) is 15.0 Å². The first-order valence-electron chi connectivity index (χ1n) is 6.14. The highest BCUT2D eigenvalue weighted by atomic mass is 16.5. The van der Waals surface area contributed by atoms with Gasteiger partial charge in [0.05, 0.1) is 6.54 Å². The van der Waals surface area contributed by atoms with Crippen molar-refractivity contribution in [2.75, 3.05) is 0 Å². The molecule has 1 aliphatic carbocycles. The molecular weight excluding hydrogens is 246 g/mol. The number of aromatic hydroxyl groups is 2. The summed E-state index contributed by atoms with van der Waals surface area (Å²) in [4.78, 5) is 11.1.